The highest BCUT2D eigenvalue weighted by atomic mass is 16.5. The van der Waals surface area contributed by atoms with Crippen LogP contribution in [0.2, 0.25) is 0 Å². The highest BCUT2D eigenvalue weighted by Gasteiger charge is 2.10. The molecule has 1 heterocycles. The molecule has 1 aromatic carbocycles. The van der Waals surface area contributed by atoms with Crippen LogP contribution >= 0.6 is 0 Å². The standard InChI is InChI=1S/C15H19N3O2/c1-10(2)9-18-8-7-17-14(15(18)19)20-13-6-4-5-12(16)11(13)3/h4-8,10H,9,16H2,1-3H3. The average molecular weight is 273 g/mol. The van der Waals surface area contributed by atoms with Gasteiger partial charge in [-0.25, -0.2) is 4.98 Å². The molecule has 5 heteroatoms. The number of nitrogens with two attached hydrogens (primary N) is 1. The van der Waals surface area contributed by atoms with Crippen LogP contribution in [0.4, 0.5) is 5.69 Å². The lowest BCUT2D eigenvalue weighted by Gasteiger charge is -2.12. The molecule has 0 saturated heterocycles. The van der Waals surface area contributed by atoms with Crippen LogP contribution < -0.4 is 16.0 Å². The maximum atomic E-state index is 12.2. The zero-order valence-electron chi connectivity index (χ0n) is 12.0. The summed E-state index contributed by atoms with van der Waals surface area (Å²) in [5.41, 5.74) is 7.02. The minimum atomic E-state index is -0.233. The number of benzene rings is 1. The summed E-state index contributed by atoms with van der Waals surface area (Å²) in [4.78, 5) is 16.3. The van der Waals surface area contributed by atoms with Crippen LogP contribution in [0.25, 0.3) is 0 Å². The number of aromatic nitrogens is 2. The Morgan fingerprint density at radius 3 is 2.85 bits per heavy atom. The highest BCUT2D eigenvalue weighted by Crippen LogP contribution is 2.25. The van der Waals surface area contributed by atoms with E-state index in [0.717, 1.165) is 5.56 Å². The van der Waals surface area contributed by atoms with Gasteiger partial charge in [0.25, 0.3) is 5.88 Å². The van der Waals surface area contributed by atoms with Gasteiger partial charge in [0.2, 0.25) is 0 Å². The second-order valence-electron chi connectivity index (χ2n) is 5.16. The molecular weight excluding hydrogens is 254 g/mol. The summed E-state index contributed by atoms with van der Waals surface area (Å²) < 4.78 is 7.22. The summed E-state index contributed by atoms with van der Waals surface area (Å²) in [6.07, 6.45) is 3.24. The van der Waals surface area contributed by atoms with Crippen molar-refractivity contribution in [2.75, 3.05) is 5.73 Å². The zero-order valence-corrected chi connectivity index (χ0v) is 12.0. The molecular formula is C15H19N3O2. The fraction of sp³-hybridized carbons (Fsp3) is 0.333. The number of ether oxygens (including phenoxy) is 1. The summed E-state index contributed by atoms with van der Waals surface area (Å²) in [5.74, 6) is 0.996. The molecule has 0 atom stereocenters. The molecule has 0 aliphatic rings. The molecule has 2 aromatic rings. The van der Waals surface area contributed by atoms with Gasteiger partial charge < -0.3 is 15.0 Å². The predicted molar refractivity (Wildman–Crippen MR) is 79.0 cm³/mol. The van der Waals surface area contributed by atoms with Crippen LogP contribution in [0.3, 0.4) is 0 Å². The summed E-state index contributed by atoms with van der Waals surface area (Å²) in [6.45, 7) is 6.58. The second-order valence-corrected chi connectivity index (χ2v) is 5.16. The van der Waals surface area contributed by atoms with E-state index in [1.165, 1.54) is 0 Å². The van der Waals surface area contributed by atoms with Gasteiger partial charge in [-0.05, 0) is 25.0 Å². The first kappa shape index (κ1) is 14.1. The van der Waals surface area contributed by atoms with E-state index in [1.807, 2.05) is 6.92 Å². The van der Waals surface area contributed by atoms with Crippen molar-refractivity contribution in [2.24, 2.45) is 5.92 Å². The SMILES string of the molecule is Cc1c(N)cccc1Oc1nccn(CC(C)C)c1=O. The van der Waals surface area contributed by atoms with Gasteiger partial charge in [-0.3, -0.25) is 4.79 Å². The molecule has 0 saturated carbocycles. The number of hydrogen-bond acceptors (Lipinski definition) is 4. The highest BCUT2D eigenvalue weighted by molar-refractivity contribution is 5.53. The van der Waals surface area contributed by atoms with Crippen LogP contribution in [0, 0.1) is 12.8 Å². The minimum Gasteiger partial charge on any atom is -0.434 e. The van der Waals surface area contributed by atoms with E-state index in [9.17, 15) is 4.79 Å². The van der Waals surface area contributed by atoms with Crippen molar-refractivity contribution in [1.82, 2.24) is 9.55 Å². The Morgan fingerprint density at radius 2 is 2.15 bits per heavy atom. The Kier molecular flexibility index (Phi) is 4.08. The molecule has 0 unspecified atom stereocenters. The summed E-state index contributed by atoms with van der Waals surface area (Å²) >= 11 is 0. The first-order valence-electron chi connectivity index (χ1n) is 6.57. The molecule has 0 amide bonds. The molecule has 0 radical (unpaired) electrons. The van der Waals surface area contributed by atoms with Gasteiger partial charge in [0.05, 0.1) is 0 Å². The average Bonchev–Trinajstić information content (AvgIpc) is 2.39. The van der Waals surface area contributed by atoms with Gasteiger partial charge in [-0.2, -0.15) is 0 Å². The second kappa shape index (κ2) is 5.77. The number of rotatable bonds is 4. The Morgan fingerprint density at radius 1 is 1.40 bits per heavy atom. The van der Waals surface area contributed by atoms with Gasteiger partial charge in [-0.1, -0.05) is 19.9 Å². The lowest BCUT2D eigenvalue weighted by molar-refractivity contribution is 0.430. The molecule has 0 fully saturated rings. The maximum absolute atomic E-state index is 12.2. The number of nitrogen functional groups attached to an aromatic ring is 1. The van der Waals surface area contributed by atoms with Crippen LogP contribution in [0.15, 0.2) is 35.4 Å². The number of nitrogens with zero attached hydrogens (tertiary/aromatic N) is 2. The molecule has 2 N–H and O–H groups in total. The summed E-state index contributed by atoms with van der Waals surface area (Å²) in [7, 11) is 0. The van der Waals surface area contributed by atoms with Gasteiger partial charge >= 0.3 is 5.56 Å². The third kappa shape index (κ3) is 2.99. The quantitative estimate of drug-likeness (QED) is 0.869. The van der Waals surface area contributed by atoms with E-state index in [1.54, 1.807) is 35.2 Å². The Bertz CT molecular complexity index is 662. The Hall–Kier alpha value is -2.30. The van der Waals surface area contributed by atoms with E-state index in [-0.39, 0.29) is 11.4 Å². The lowest BCUT2D eigenvalue weighted by Crippen LogP contribution is -2.23. The van der Waals surface area contributed by atoms with Crippen molar-refractivity contribution >= 4 is 5.69 Å². The van der Waals surface area contributed by atoms with Crippen LogP contribution in [0.1, 0.15) is 19.4 Å². The molecule has 0 aliphatic heterocycles. The van der Waals surface area contributed by atoms with E-state index in [4.69, 9.17) is 10.5 Å². The number of hydrogen-bond donors (Lipinski definition) is 1. The van der Waals surface area contributed by atoms with Crippen molar-refractivity contribution in [2.45, 2.75) is 27.3 Å². The van der Waals surface area contributed by atoms with Crippen LogP contribution in [-0.2, 0) is 6.54 Å². The van der Waals surface area contributed by atoms with Crippen molar-refractivity contribution in [1.29, 1.82) is 0 Å². The third-order valence-corrected chi connectivity index (χ3v) is 2.98. The zero-order chi connectivity index (χ0) is 14.7. The summed E-state index contributed by atoms with van der Waals surface area (Å²) in [5, 5.41) is 0. The number of anilines is 1. The van der Waals surface area contributed by atoms with Crippen molar-refractivity contribution < 1.29 is 4.74 Å². The molecule has 0 aliphatic carbocycles. The normalized spacial score (nSPS) is 10.8. The van der Waals surface area contributed by atoms with Gasteiger partial charge in [0.15, 0.2) is 0 Å². The molecule has 0 spiro atoms. The third-order valence-electron chi connectivity index (χ3n) is 2.98. The molecule has 20 heavy (non-hydrogen) atoms. The maximum Gasteiger partial charge on any atom is 0.313 e. The van der Waals surface area contributed by atoms with Crippen LogP contribution in [0.5, 0.6) is 11.6 Å². The van der Waals surface area contributed by atoms with Crippen LogP contribution in [-0.4, -0.2) is 9.55 Å². The molecule has 106 valence electrons. The van der Waals surface area contributed by atoms with E-state index in [0.29, 0.717) is 23.9 Å². The first-order chi connectivity index (χ1) is 9.49. The van der Waals surface area contributed by atoms with E-state index < -0.39 is 0 Å². The Balaban J connectivity index is 2.35. The van der Waals surface area contributed by atoms with Gasteiger partial charge in [-0.15, -0.1) is 0 Å². The molecule has 1 aromatic heterocycles. The monoisotopic (exact) mass is 273 g/mol. The van der Waals surface area contributed by atoms with E-state index >= 15 is 0 Å². The van der Waals surface area contributed by atoms with Crippen molar-refractivity contribution in [3.63, 3.8) is 0 Å². The van der Waals surface area contributed by atoms with Gasteiger partial charge in [0, 0.05) is 30.2 Å². The van der Waals surface area contributed by atoms with E-state index in [2.05, 4.69) is 18.8 Å². The fourth-order valence-corrected chi connectivity index (χ4v) is 1.88. The topological polar surface area (TPSA) is 70.1 Å². The molecule has 0 bridgehead atoms. The van der Waals surface area contributed by atoms with Crippen molar-refractivity contribution in [3.8, 4) is 11.6 Å². The largest absolute Gasteiger partial charge is 0.434 e. The molecule has 2 rings (SSSR count). The predicted octanol–water partition coefficient (Wildman–Crippen LogP) is 2.58. The minimum absolute atomic E-state index is 0.0712. The summed E-state index contributed by atoms with van der Waals surface area (Å²) in [6, 6.07) is 5.34. The van der Waals surface area contributed by atoms with Crippen molar-refractivity contribution in [3.05, 3.63) is 46.5 Å². The van der Waals surface area contributed by atoms with Gasteiger partial charge in [0.1, 0.15) is 5.75 Å². The first-order valence-corrected chi connectivity index (χ1v) is 6.57. The smallest absolute Gasteiger partial charge is 0.313 e. The fourth-order valence-electron chi connectivity index (χ4n) is 1.88. The Labute approximate surface area is 118 Å². The lowest BCUT2D eigenvalue weighted by atomic mass is 10.2. The molecule has 5 nitrogen and oxygen atoms in total.